The minimum atomic E-state index is -0.271. The number of nitrogens with zero attached hydrogens (tertiary/aromatic N) is 4. The Morgan fingerprint density at radius 1 is 1.50 bits per heavy atom. The lowest BCUT2D eigenvalue weighted by Gasteiger charge is -2.10. The van der Waals surface area contributed by atoms with Crippen LogP contribution in [-0.2, 0) is 16.2 Å². The Bertz CT molecular complexity index is 562. The van der Waals surface area contributed by atoms with Crippen molar-refractivity contribution < 1.29 is 9.63 Å². The van der Waals surface area contributed by atoms with Crippen LogP contribution in [0.2, 0.25) is 0 Å². The van der Waals surface area contributed by atoms with Crippen molar-refractivity contribution in [2.75, 3.05) is 0 Å². The minimum absolute atomic E-state index is 0.00505. The Kier molecular flexibility index (Phi) is 4.03. The second-order valence-electron chi connectivity index (χ2n) is 4.67. The predicted octanol–water partition coefficient (Wildman–Crippen LogP) is 1.39. The second-order valence-corrected chi connectivity index (χ2v) is 5.62. The maximum atomic E-state index is 11.7. The number of amides is 1. The Morgan fingerprint density at radius 2 is 2.35 bits per heavy atom. The van der Waals surface area contributed by atoms with Gasteiger partial charge in [-0.3, -0.25) is 9.63 Å². The lowest BCUT2D eigenvalue weighted by atomic mass is 10.3. The molecule has 0 bridgehead atoms. The lowest BCUT2D eigenvalue weighted by molar-refractivity contribution is -0.139. The van der Waals surface area contributed by atoms with Crippen LogP contribution in [0.1, 0.15) is 25.7 Å². The number of hydrogen-bond acceptors (Lipinski definition) is 6. The Balaban J connectivity index is 1.51. The number of aromatic nitrogens is 4. The normalized spacial score (nSPS) is 15.6. The third-order valence-corrected chi connectivity index (χ3v) is 3.99. The summed E-state index contributed by atoms with van der Waals surface area (Å²) in [5, 5.41) is 13.9. The quantitative estimate of drug-likeness (QED) is 0.842. The lowest BCUT2D eigenvalue weighted by Crippen LogP contribution is -2.31. The van der Waals surface area contributed by atoms with Gasteiger partial charge in [0.05, 0.1) is 11.0 Å². The number of rotatable bonds is 5. The number of hydrogen-bond donors (Lipinski definition) is 1. The molecule has 0 aliphatic heterocycles. The van der Waals surface area contributed by atoms with Crippen molar-refractivity contribution in [3.05, 3.63) is 17.5 Å². The van der Waals surface area contributed by atoms with Crippen LogP contribution in [0, 0.1) is 0 Å². The van der Waals surface area contributed by atoms with Crippen molar-refractivity contribution in [2.45, 2.75) is 38.3 Å². The molecular formula is C12H15N5O2S. The maximum Gasteiger partial charge on any atom is 0.267 e. The summed E-state index contributed by atoms with van der Waals surface area (Å²) in [6.07, 6.45) is 4.48. The molecular weight excluding hydrogens is 278 g/mol. The highest BCUT2D eigenvalue weighted by molar-refractivity contribution is 7.13. The van der Waals surface area contributed by atoms with E-state index in [-0.39, 0.29) is 18.6 Å². The van der Waals surface area contributed by atoms with Gasteiger partial charge in [0, 0.05) is 0 Å². The summed E-state index contributed by atoms with van der Waals surface area (Å²) < 4.78 is 0. The number of tetrazole rings is 1. The Labute approximate surface area is 119 Å². The fourth-order valence-electron chi connectivity index (χ4n) is 2.13. The molecule has 2 aromatic rings. The zero-order valence-corrected chi connectivity index (χ0v) is 11.7. The van der Waals surface area contributed by atoms with Crippen LogP contribution in [0.15, 0.2) is 17.5 Å². The van der Waals surface area contributed by atoms with Crippen LogP contribution in [0.25, 0.3) is 10.7 Å². The molecule has 8 heteroatoms. The molecule has 1 saturated carbocycles. The number of thiophene rings is 1. The average molecular weight is 293 g/mol. The van der Waals surface area contributed by atoms with E-state index < -0.39 is 0 Å². The molecule has 1 aliphatic rings. The van der Waals surface area contributed by atoms with Gasteiger partial charge in [0.2, 0.25) is 5.82 Å². The Hall–Kier alpha value is -1.80. The van der Waals surface area contributed by atoms with E-state index in [0.29, 0.717) is 5.82 Å². The summed E-state index contributed by atoms with van der Waals surface area (Å²) in [4.78, 5) is 19.2. The first-order valence-corrected chi connectivity index (χ1v) is 7.45. The molecule has 1 fully saturated rings. The second kappa shape index (κ2) is 6.10. The van der Waals surface area contributed by atoms with E-state index in [9.17, 15) is 4.79 Å². The van der Waals surface area contributed by atoms with E-state index in [0.717, 1.165) is 30.6 Å². The molecule has 1 amide bonds. The van der Waals surface area contributed by atoms with Crippen LogP contribution >= 0.6 is 11.3 Å². The molecule has 0 aromatic carbocycles. The highest BCUT2D eigenvalue weighted by Crippen LogP contribution is 2.20. The molecule has 106 valence electrons. The molecule has 7 nitrogen and oxygen atoms in total. The molecule has 1 N–H and O–H groups in total. The van der Waals surface area contributed by atoms with Crippen LogP contribution in [0.4, 0.5) is 0 Å². The standard InChI is InChI=1S/C12H15N5O2S/c18-11(15-19-9-4-1-2-5-9)8-17-14-12(13-16-17)10-6-3-7-20-10/h3,6-7,9H,1-2,4-5,8H2,(H,15,18). The highest BCUT2D eigenvalue weighted by Gasteiger charge is 2.17. The van der Waals surface area contributed by atoms with Gasteiger partial charge in [0.15, 0.2) is 0 Å². The van der Waals surface area contributed by atoms with Crippen molar-refractivity contribution in [2.24, 2.45) is 0 Å². The number of hydroxylamine groups is 1. The molecule has 0 unspecified atom stereocenters. The highest BCUT2D eigenvalue weighted by atomic mass is 32.1. The van der Waals surface area contributed by atoms with E-state index in [2.05, 4.69) is 20.9 Å². The van der Waals surface area contributed by atoms with E-state index >= 15 is 0 Å². The van der Waals surface area contributed by atoms with Crippen molar-refractivity contribution >= 4 is 17.2 Å². The van der Waals surface area contributed by atoms with Crippen LogP contribution < -0.4 is 5.48 Å². The summed E-state index contributed by atoms with van der Waals surface area (Å²) in [6, 6.07) is 3.83. The molecule has 2 heterocycles. The number of carbonyl (C=O) groups is 1. The summed E-state index contributed by atoms with van der Waals surface area (Å²) in [5.74, 6) is 0.261. The molecule has 3 rings (SSSR count). The molecule has 1 aliphatic carbocycles. The smallest absolute Gasteiger partial charge is 0.267 e. The summed E-state index contributed by atoms with van der Waals surface area (Å²) in [6.45, 7) is 0.00505. The topological polar surface area (TPSA) is 81.9 Å². The summed E-state index contributed by atoms with van der Waals surface area (Å²) in [7, 11) is 0. The Morgan fingerprint density at radius 3 is 3.10 bits per heavy atom. The van der Waals surface area contributed by atoms with Gasteiger partial charge in [-0.25, -0.2) is 5.48 Å². The van der Waals surface area contributed by atoms with Crippen molar-refractivity contribution in [3.63, 3.8) is 0 Å². The average Bonchev–Trinajstić information content (AvgIpc) is 3.18. The first-order chi connectivity index (χ1) is 9.81. The van der Waals surface area contributed by atoms with Crippen molar-refractivity contribution in [1.82, 2.24) is 25.7 Å². The fraction of sp³-hybridized carbons (Fsp3) is 0.500. The van der Waals surface area contributed by atoms with E-state index in [1.165, 1.54) is 16.1 Å². The van der Waals surface area contributed by atoms with Crippen LogP contribution in [0.3, 0.4) is 0 Å². The summed E-state index contributed by atoms with van der Waals surface area (Å²) in [5.41, 5.74) is 2.45. The zero-order chi connectivity index (χ0) is 13.8. The SMILES string of the molecule is O=C(Cn1nnc(-c2cccs2)n1)NOC1CCCC1. The van der Waals surface area contributed by atoms with Gasteiger partial charge in [0.25, 0.3) is 5.91 Å². The molecule has 0 radical (unpaired) electrons. The predicted molar refractivity (Wildman–Crippen MR) is 72.6 cm³/mol. The maximum absolute atomic E-state index is 11.7. The minimum Gasteiger partial charge on any atom is -0.271 e. The van der Waals surface area contributed by atoms with Gasteiger partial charge in [-0.1, -0.05) is 18.9 Å². The zero-order valence-electron chi connectivity index (χ0n) is 10.9. The third kappa shape index (κ3) is 3.20. The van der Waals surface area contributed by atoms with Gasteiger partial charge in [0.1, 0.15) is 6.54 Å². The van der Waals surface area contributed by atoms with E-state index in [4.69, 9.17) is 4.84 Å². The van der Waals surface area contributed by atoms with E-state index in [1.54, 1.807) is 0 Å². The molecule has 0 atom stereocenters. The van der Waals surface area contributed by atoms with Gasteiger partial charge in [-0.15, -0.1) is 21.5 Å². The van der Waals surface area contributed by atoms with Crippen LogP contribution in [0.5, 0.6) is 0 Å². The van der Waals surface area contributed by atoms with Gasteiger partial charge in [-0.2, -0.15) is 4.80 Å². The largest absolute Gasteiger partial charge is 0.271 e. The van der Waals surface area contributed by atoms with Crippen molar-refractivity contribution in [1.29, 1.82) is 0 Å². The first kappa shape index (κ1) is 13.2. The number of carbonyl (C=O) groups excluding carboxylic acids is 1. The van der Waals surface area contributed by atoms with Gasteiger partial charge in [-0.05, 0) is 29.5 Å². The van der Waals surface area contributed by atoms with Gasteiger partial charge < -0.3 is 0 Å². The van der Waals surface area contributed by atoms with E-state index in [1.807, 2.05) is 17.5 Å². The molecule has 20 heavy (non-hydrogen) atoms. The summed E-state index contributed by atoms with van der Waals surface area (Å²) >= 11 is 1.53. The fourth-order valence-corrected chi connectivity index (χ4v) is 2.78. The van der Waals surface area contributed by atoms with Crippen LogP contribution in [-0.4, -0.2) is 32.2 Å². The molecule has 0 spiro atoms. The number of nitrogens with one attached hydrogen (secondary N) is 1. The first-order valence-electron chi connectivity index (χ1n) is 6.57. The third-order valence-electron chi connectivity index (χ3n) is 3.12. The molecule has 2 aromatic heterocycles. The van der Waals surface area contributed by atoms with Gasteiger partial charge >= 0.3 is 0 Å². The monoisotopic (exact) mass is 293 g/mol. The molecule has 0 saturated heterocycles. The van der Waals surface area contributed by atoms with Crippen molar-refractivity contribution in [3.8, 4) is 10.7 Å².